The van der Waals surface area contributed by atoms with Crippen molar-refractivity contribution >= 4 is 72.8 Å². The minimum atomic E-state index is -0.821. The highest BCUT2D eigenvalue weighted by molar-refractivity contribution is 9.10. The van der Waals surface area contributed by atoms with Crippen LogP contribution in [0.2, 0.25) is 5.02 Å². The van der Waals surface area contributed by atoms with Crippen molar-refractivity contribution in [3.05, 3.63) is 50.4 Å². The van der Waals surface area contributed by atoms with Gasteiger partial charge in [0.15, 0.2) is 5.01 Å². The average Bonchev–Trinajstić information content (AvgIpc) is 3.48. The van der Waals surface area contributed by atoms with Crippen molar-refractivity contribution in [2.24, 2.45) is 0 Å². The minimum absolute atomic E-state index is 0.0865. The Labute approximate surface area is 254 Å². The van der Waals surface area contributed by atoms with Gasteiger partial charge in [-0.25, -0.2) is 14.5 Å². The Hall–Kier alpha value is -3.29. The summed E-state index contributed by atoms with van der Waals surface area (Å²) in [5.74, 6) is 0. The zero-order valence-electron chi connectivity index (χ0n) is 23.9. The fourth-order valence-corrected chi connectivity index (χ4v) is 5.33. The molecule has 0 aliphatic heterocycles. The first-order valence-corrected chi connectivity index (χ1v) is 14.6. The number of aromatic nitrogens is 5. The Kier molecular flexibility index (Phi) is 8.36. The number of ether oxygens (including phenoxy) is 2. The molecule has 0 bridgehead atoms. The number of hydrogen-bond donors (Lipinski definition) is 0. The Morgan fingerprint density at radius 1 is 1.07 bits per heavy atom. The zero-order valence-corrected chi connectivity index (χ0v) is 27.0. The van der Waals surface area contributed by atoms with Crippen LogP contribution in [-0.4, -0.2) is 47.9 Å². The monoisotopic (exact) mass is 664 g/mol. The van der Waals surface area contributed by atoms with Gasteiger partial charge in [-0.15, -0.1) is 10.2 Å². The molecule has 1 aromatic carbocycles. The molecule has 0 saturated carbocycles. The lowest BCUT2D eigenvalue weighted by Crippen LogP contribution is -2.34. The van der Waals surface area contributed by atoms with E-state index in [1.54, 1.807) is 70.5 Å². The van der Waals surface area contributed by atoms with Crippen LogP contribution in [0.15, 0.2) is 39.9 Å². The van der Waals surface area contributed by atoms with Gasteiger partial charge >= 0.3 is 12.2 Å². The molecule has 0 radical (unpaired) electrons. The van der Waals surface area contributed by atoms with E-state index in [0.717, 1.165) is 16.0 Å². The molecule has 0 atom stereocenters. The molecule has 1 amide bonds. The number of pyridine rings is 1. The van der Waals surface area contributed by atoms with Gasteiger partial charge < -0.3 is 14.0 Å². The molecule has 11 nitrogen and oxygen atoms in total. The van der Waals surface area contributed by atoms with E-state index in [1.807, 2.05) is 13.8 Å². The topological polar surface area (TPSA) is 121 Å². The zero-order chi connectivity index (χ0) is 30.4. The van der Waals surface area contributed by atoms with Gasteiger partial charge in [0.25, 0.3) is 5.56 Å². The SMILES string of the molecule is CC(C)n1cc(-c2nnc(N(C(=O)OC(C)(C)C)c3ccc4c(cnn4C(=O)OC(C)(C)C)c3Cl)s2)cc(Br)c1=O. The quantitative estimate of drug-likeness (QED) is 0.219. The van der Waals surface area contributed by atoms with Gasteiger partial charge in [-0.1, -0.05) is 22.9 Å². The molecule has 3 heterocycles. The standard InChI is InChI=1S/C27H30BrClN6O5S/c1-14(2)33-13-15(11-17(28)22(33)36)21-31-32-23(41-21)34(24(37)39-26(3,4)5)19-10-9-18-16(20(19)29)12-30-35(18)25(38)40-27(6,7)8/h9-14H,1-8H3. The van der Waals surface area contributed by atoms with E-state index in [9.17, 15) is 14.4 Å². The summed E-state index contributed by atoms with van der Waals surface area (Å²) in [5, 5.41) is 14.0. The molecule has 0 aliphatic carbocycles. The maximum absolute atomic E-state index is 13.5. The summed E-state index contributed by atoms with van der Waals surface area (Å²) in [6, 6.07) is 4.76. The van der Waals surface area contributed by atoms with Gasteiger partial charge in [0.2, 0.25) is 5.13 Å². The molecule has 41 heavy (non-hydrogen) atoms. The Morgan fingerprint density at radius 2 is 1.73 bits per heavy atom. The smallest absolute Gasteiger partial charge is 0.435 e. The summed E-state index contributed by atoms with van der Waals surface area (Å²) in [6.07, 6.45) is 1.73. The van der Waals surface area contributed by atoms with E-state index in [2.05, 4.69) is 31.2 Å². The van der Waals surface area contributed by atoms with Crippen molar-refractivity contribution in [3.63, 3.8) is 0 Å². The van der Waals surface area contributed by atoms with Crippen LogP contribution in [0.1, 0.15) is 61.4 Å². The maximum atomic E-state index is 13.5. The minimum Gasteiger partial charge on any atom is -0.443 e. The highest BCUT2D eigenvalue weighted by Crippen LogP contribution is 2.40. The summed E-state index contributed by atoms with van der Waals surface area (Å²) in [4.78, 5) is 40.0. The molecule has 0 fully saturated rings. The third-order valence-corrected chi connectivity index (χ3v) is 7.38. The summed E-state index contributed by atoms with van der Waals surface area (Å²) in [5.41, 5.74) is -0.419. The number of hydrogen-bond acceptors (Lipinski definition) is 9. The number of halogens is 2. The van der Waals surface area contributed by atoms with Crippen molar-refractivity contribution in [2.75, 3.05) is 4.90 Å². The molecule has 0 N–H and O–H groups in total. The van der Waals surface area contributed by atoms with Crippen LogP contribution in [0, 0.1) is 0 Å². The number of carbonyl (C=O) groups excluding carboxylic acids is 2. The highest BCUT2D eigenvalue weighted by Gasteiger charge is 2.31. The van der Waals surface area contributed by atoms with Crippen LogP contribution >= 0.6 is 38.9 Å². The Balaban J connectivity index is 1.82. The molecule has 218 valence electrons. The number of rotatable bonds is 4. The molecule has 4 rings (SSSR count). The Bertz CT molecular complexity index is 1700. The first-order valence-electron chi connectivity index (χ1n) is 12.6. The largest absolute Gasteiger partial charge is 0.443 e. The van der Waals surface area contributed by atoms with E-state index >= 15 is 0 Å². The molecular formula is C27H30BrClN6O5S. The molecular weight excluding hydrogens is 636 g/mol. The van der Waals surface area contributed by atoms with E-state index in [0.29, 0.717) is 25.9 Å². The van der Waals surface area contributed by atoms with Crippen LogP contribution in [0.5, 0.6) is 0 Å². The van der Waals surface area contributed by atoms with Crippen LogP contribution in [0.25, 0.3) is 21.5 Å². The lowest BCUT2D eigenvalue weighted by Gasteiger charge is -2.26. The molecule has 4 aromatic rings. The van der Waals surface area contributed by atoms with Gasteiger partial charge in [-0.2, -0.15) is 9.78 Å². The fraction of sp³-hybridized carbons (Fsp3) is 0.407. The molecule has 0 unspecified atom stereocenters. The molecule has 14 heteroatoms. The second kappa shape index (κ2) is 11.2. The van der Waals surface area contributed by atoms with Gasteiger partial charge in [0.1, 0.15) is 11.2 Å². The highest BCUT2D eigenvalue weighted by atomic mass is 79.9. The predicted octanol–water partition coefficient (Wildman–Crippen LogP) is 7.57. The summed E-state index contributed by atoms with van der Waals surface area (Å²) < 4.78 is 14.2. The van der Waals surface area contributed by atoms with Gasteiger partial charge in [-0.05, 0) is 89.5 Å². The van der Waals surface area contributed by atoms with Crippen LogP contribution in [0.4, 0.5) is 20.4 Å². The van der Waals surface area contributed by atoms with Crippen LogP contribution in [-0.2, 0) is 9.47 Å². The third kappa shape index (κ3) is 6.62. The number of benzene rings is 1. The second-order valence-electron chi connectivity index (χ2n) is 11.5. The fourth-order valence-electron chi connectivity index (χ4n) is 3.76. The van der Waals surface area contributed by atoms with E-state index in [4.69, 9.17) is 21.1 Å². The lowest BCUT2D eigenvalue weighted by molar-refractivity contribution is 0.0521. The summed E-state index contributed by atoms with van der Waals surface area (Å²) in [7, 11) is 0. The number of nitrogens with zero attached hydrogens (tertiary/aromatic N) is 6. The van der Waals surface area contributed by atoms with Crippen molar-refractivity contribution in [1.82, 2.24) is 24.5 Å². The number of anilines is 2. The average molecular weight is 666 g/mol. The van der Waals surface area contributed by atoms with E-state index < -0.39 is 23.4 Å². The number of fused-ring (bicyclic) bond motifs is 1. The normalized spacial score (nSPS) is 12.2. The lowest BCUT2D eigenvalue weighted by atomic mass is 10.2. The molecule has 0 spiro atoms. The summed E-state index contributed by atoms with van der Waals surface area (Å²) >= 11 is 11.3. The van der Waals surface area contributed by atoms with Crippen molar-refractivity contribution < 1.29 is 19.1 Å². The van der Waals surface area contributed by atoms with Crippen molar-refractivity contribution in [3.8, 4) is 10.6 Å². The summed E-state index contributed by atoms with van der Waals surface area (Å²) in [6.45, 7) is 14.3. The van der Waals surface area contributed by atoms with Crippen molar-refractivity contribution in [1.29, 1.82) is 0 Å². The predicted molar refractivity (Wildman–Crippen MR) is 162 cm³/mol. The van der Waals surface area contributed by atoms with Crippen LogP contribution in [0.3, 0.4) is 0 Å². The number of amides is 1. The first-order chi connectivity index (χ1) is 19.0. The first kappa shape index (κ1) is 30.7. The van der Waals surface area contributed by atoms with Gasteiger partial charge in [0, 0.05) is 23.2 Å². The van der Waals surface area contributed by atoms with Crippen molar-refractivity contribution in [2.45, 2.75) is 72.6 Å². The van der Waals surface area contributed by atoms with Crippen LogP contribution < -0.4 is 10.5 Å². The molecule has 3 aromatic heterocycles. The molecule has 0 aliphatic rings. The third-order valence-electron chi connectivity index (χ3n) is 5.46. The van der Waals surface area contributed by atoms with Gasteiger partial charge in [-0.3, -0.25) is 4.79 Å². The Morgan fingerprint density at radius 3 is 2.34 bits per heavy atom. The van der Waals surface area contributed by atoms with E-state index in [1.165, 1.54) is 11.1 Å². The molecule has 0 saturated heterocycles. The van der Waals surface area contributed by atoms with Gasteiger partial charge in [0.05, 0.1) is 26.9 Å². The van der Waals surface area contributed by atoms with E-state index in [-0.39, 0.29) is 27.4 Å². The second-order valence-corrected chi connectivity index (χ2v) is 13.6. The maximum Gasteiger partial charge on any atom is 0.435 e. The number of carbonyl (C=O) groups is 2.